The van der Waals surface area contributed by atoms with Crippen molar-refractivity contribution in [2.24, 2.45) is 5.73 Å². The Bertz CT molecular complexity index is 86.8. The molecule has 0 aromatic heterocycles. The van der Waals surface area contributed by atoms with Gasteiger partial charge in [0.25, 0.3) is 0 Å². The summed E-state index contributed by atoms with van der Waals surface area (Å²) in [5.41, 5.74) is 4.85. The molecule has 0 unspecified atom stereocenters. The zero-order chi connectivity index (χ0) is 9.86. The highest BCUT2D eigenvalue weighted by atomic mass is 31.1. The molecular weight excluding hydrogens is 196 g/mol. The summed E-state index contributed by atoms with van der Waals surface area (Å²) in [5, 5.41) is 0. The summed E-state index contributed by atoms with van der Waals surface area (Å²) in [4.78, 5) is 28.6. The van der Waals surface area contributed by atoms with Crippen molar-refractivity contribution in [2.45, 2.75) is 6.92 Å². The van der Waals surface area contributed by atoms with E-state index in [9.17, 15) is 0 Å². The first-order chi connectivity index (χ1) is 4.88. The van der Waals surface area contributed by atoms with Crippen molar-refractivity contribution in [1.82, 2.24) is 0 Å². The number of hydrogen-bond donors (Lipinski definition) is 5. The van der Waals surface area contributed by atoms with E-state index in [4.69, 9.17) is 34.4 Å². The highest BCUT2D eigenvalue weighted by Gasteiger charge is 1.62. The molecule has 6 N–H and O–H groups in total. The van der Waals surface area contributed by atoms with Gasteiger partial charge in [-0.15, -0.1) is 0 Å². The van der Waals surface area contributed by atoms with Gasteiger partial charge in [-0.3, -0.25) is 9.13 Å². The number of hydrogen-bond acceptors (Lipinski definition) is 3. The Morgan fingerprint density at radius 3 is 1.09 bits per heavy atom. The van der Waals surface area contributed by atoms with Crippen LogP contribution in [0.25, 0.3) is 0 Å². The molecule has 0 fully saturated rings. The minimum Gasteiger partial charge on any atom is -0.331 e. The van der Waals surface area contributed by atoms with Gasteiger partial charge in [0.15, 0.2) is 0 Å². The summed E-state index contributed by atoms with van der Waals surface area (Å²) in [6.45, 7) is 2.65. The number of nitrogens with two attached hydrogens (primary N) is 1. The molecule has 0 radical (unpaired) electrons. The number of rotatable bonds is 0. The van der Waals surface area contributed by atoms with Crippen LogP contribution in [0.4, 0.5) is 0 Å². The highest BCUT2D eigenvalue weighted by molar-refractivity contribution is 7.31. The lowest BCUT2D eigenvalue weighted by molar-refractivity contribution is 0.403. The molecule has 0 aliphatic heterocycles. The van der Waals surface area contributed by atoms with E-state index in [1.54, 1.807) is 0 Å². The van der Waals surface area contributed by atoms with E-state index in [1.165, 1.54) is 0 Å². The molecule has 7 nitrogen and oxygen atoms in total. The first-order valence-corrected chi connectivity index (χ1v) is 5.02. The van der Waals surface area contributed by atoms with E-state index in [-0.39, 0.29) is 0 Å². The Kier molecular flexibility index (Phi) is 26.4. The molecule has 11 heavy (non-hydrogen) atoms. The zero-order valence-electron chi connectivity index (χ0n) is 5.89. The van der Waals surface area contributed by atoms with Crippen molar-refractivity contribution in [1.29, 1.82) is 0 Å². The molecule has 0 atom stereocenters. The summed E-state index contributed by atoms with van der Waals surface area (Å²) >= 11 is 0. The van der Waals surface area contributed by atoms with E-state index in [0.29, 0.717) is 0 Å². The lowest BCUT2D eigenvalue weighted by Gasteiger charge is -1.61. The van der Waals surface area contributed by atoms with Crippen LogP contribution in [-0.2, 0) is 9.13 Å². The van der Waals surface area contributed by atoms with Crippen LogP contribution in [0.15, 0.2) is 0 Å². The minimum absolute atomic E-state index is 0.750. The Labute approximate surface area is 65.4 Å². The molecule has 9 heteroatoms. The first kappa shape index (κ1) is 17.4. The Morgan fingerprint density at radius 2 is 1.09 bits per heavy atom. The average Bonchev–Trinajstić information content (AvgIpc) is 1.60. The van der Waals surface area contributed by atoms with E-state index < -0.39 is 16.5 Å². The van der Waals surface area contributed by atoms with Gasteiger partial charge in [-0.2, -0.15) is 0 Å². The van der Waals surface area contributed by atoms with Crippen LogP contribution < -0.4 is 5.73 Å². The van der Waals surface area contributed by atoms with Crippen LogP contribution in [-0.4, -0.2) is 26.1 Å². The maximum absolute atomic E-state index is 8.74. The van der Waals surface area contributed by atoms with E-state index >= 15 is 0 Å². The molecular formula is C2H13NO6P2. The molecule has 0 bridgehead atoms. The summed E-state index contributed by atoms with van der Waals surface area (Å²) in [6.07, 6.45) is 0. The molecule has 0 rings (SSSR count). The predicted octanol–water partition coefficient (Wildman–Crippen LogP) is -1.31. The fraction of sp³-hybridized carbons (Fsp3) is 1.00. The molecule has 0 amide bonds. The summed E-state index contributed by atoms with van der Waals surface area (Å²) in [6, 6.07) is 0. The quantitative estimate of drug-likeness (QED) is 0.311. The molecule has 0 spiro atoms. The van der Waals surface area contributed by atoms with Crippen molar-refractivity contribution in [3.8, 4) is 0 Å². The SMILES string of the molecule is CCN.O=[PH](O)O.O=[PH](O)O. The van der Waals surface area contributed by atoms with Gasteiger partial charge in [0.1, 0.15) is 0 Å². The van der Waals surface area contributed by atoms with E-state index in [1.807, 2.05) is 6.92 Å². The fourth-order valence-electron chi connectivity index (χ4n) is 0. The van der Waals surface area contributed by atoms with Gasteiger partial charge in [0.2, 0.25) is 0 Å². The standard InChI is InChI=1S/C2H7N.2H3O3P/c1-2-3;2*1-4(2)3/h2-3H2,1H3;2*4H,(H2,1,2,3). The van der Waals surface area contributed by atoms with Crippen molar-refractivity contribution in [3.05, 3.63) is 0 Å². The molecule has 0 aliphatic carbocycles. The molecule has 0 saturated heterocycles. The highest BCUT2D eigenvalue weighted by Crippen LogP contribution is 1.98. The lowest BCUT2D eigenvalue weighted by Crippen LogP contribution is -1.87. The van der Waals surface area contributed by atoms with Gasteiger partial charge in [-0.05, 0) is 6.54 Å². The molecule has 0 aromatic rings. The van der Waals surface area contributed by atoms with Crippen LogP contribution in [0.5, 0.6) is 0 Å². The average molecular weight is 209 g/mol. The second kappa shape index (κ2) is 16.7. The smallest absolute Gasteiger partial charge is 0.314 e. The third-order valence-electron chi connectivity index (χ3n) is 0. The van der Waals surface area contributed by atoms with Crippen molar-refractivity contribution >= 4 is 16.5 Å². The normalized spacial score (nSPS) is 8.00. The van der Waals surface area contributed by atoms with Crippen LogP contribution in [0.2, 0.25) is 0 Å². The summed E-state index contributed by atoms with van der Waals surface area (Å²) < 4.78 is 17.5. The maximum Gasteiger partial charge on any atom is 0.314 e. The van der Waals surface area contributed by atoms with Crippen LogP contribution >= 0.6 is 16.5 Å². The van der Waals surface area contributed by atoms with Crippen LogP contribution in [0, 0.1) is 0 Å². The molecule has 0 aliphatic rings. The fourth-order valence-corrected chi connectivity index (χ4v) is 0. The molecule has 72 valence electrons. The van der Waals surface area contributed by atoms with Gasteiger partial charge < -0.3 is 25.3 Å². The topological polar surface area (TPSA) is 141 Å². The summed E-state index contributed by atoms with van der Waals surface area (Å²) in [7, 11) is -6.26. The third-order valence-corrected chi connectivity index (χ3v) is 0. The first-order valence-electron chi connectivity index (χ1n) is 2.42. The van der Waals surface area contributed by atoms with E-state index in [0.717, 1.165) is 6.54 Å². The minimum atomic E-state index is -3.13. The van der Waals surface area contributed by atoms with Crippen LogP contribution in [0.3, 0.4) is 0 Å². The Morgan fingerprint density at radius 1 is 1.09 bits per heavy atom. The second-order valence-electron chi connectivity index (χ2n) is 0.973. The van der Waals surface area contributed by atoms with Gasteiger partial charge in [0, 0.05) is 0 Å². The Hall–Kier alpha value is 0.260. The van der Waals surface area contributed by atoms with Crippen molar-refractivity contribution in [2.75, 3.05) is 6.54 Å². The largest absolute Gasteiger partial charge is 0.331 e. The van der Waals surface area contributed by atoms with Crippen molar-refractivity contribution in [3.63, 3.8) is 0 Å². The van der Waals surface area contributed by atoms with Gasteiger partial charge >= 0.3 is 16.5 Å². The van der Waals surface area contributed by atoms with Gasteiger partial charge in [0.05, 0.1) is 0 Å². The lowest BCUT2D eigenvalue weighted by atomic mass is 10.8. The summed E-state index contributed by atoms with van der Waals surface area (Å²) in [5.74, 6) is 0. The van der Waals surface area contributed by atoms with Gasteiger partial charge in [-0.25, -0.2) is 0 Å². The maximum atomic E-state index is 8.74. The van der Waals surface area contributed by atoms with Crippen LogP contribution in [0.1, 0.15) is 6.92 Å². The second-order valence-corrected chi connectivity index (χ2v) is 2.10. The van der Waals surface area contributed by atoms with Gasteiger partial charge in [-0.1, -0.05) is 6.92 Å². The molecule has 0 heterocycles. The molecule has 0 aromatic carbocycles. The Balaban J connectivity index is -0.0000000886. The molecule has 0 saturated carbocycles. The zero-order valence-corrected chi connectivity index (χ0v) is 7.89. The monoisotopic (exact) mass is 209 g/mol. The van der Waals surface area contributed by atoms with E-state index in [2.05, 4.69) is 0 Å². The predicted molar refractivity (Wildman–Crippen MR) is 41.6 cm³/mol. The third kappa shape index (κ3) is 10400. The van der Waals surface area contributed by atoms with Crippen molar-refractivity contribution < 1.29 is 28.7 Å².